The number of amides is 5. The van der Waals surface area contributed by atoms with Gasteiger partial charge in [-0.3, -0.25) is 24.4 Å². The molecule has 1 aliphatic heterocycles. The van der Waals surface area contributed by atoms with Gasteiger partial charge in [-0.2, -0.15) is 4.99 Å². The fourth-order valence-corrected chi connectivity index (χ4v) is 8.27. The molecule has 0 aromatic heterocycles. The van der Waals surface area contributed by atoms with Crippen molar-refractivity contribution in [3.05, 3.63) is 72.3 Å². The zero-order valence-corrected chi connectivity index (χ0v) is 39.1. The number of carbonyl (C=O) groups excluding carboxylic acids is 8. The van der Waals surface area contributed by atoms with Gasteiger partial charge >= 0.3 is 24.1 Å². The Balaban J connectivity index is 0.000000579. The molecule has 4 N–H and O–H groups in total. The highest BCUT2D eigenvalue weighted by atomic mass is 32.2. The monoisotopic (exact) mass is 938 g/mol. The summed E-state index contributed by atoms with van der Waals surface area (Å²) in [5.41, 5.74) is -2.67. The highest BCUT2D eigenvalue weighted by molar-refractivity contribution is 7.91. The zero-order chi connectivity index (χ0) is 49.2. The summed E-state index contributed by atoms with van der Waals surface area (Å²) in [6.45, 7) is 17.3. The summed E-state index contributed by atoms with van der Waals surface area (Å²) in [7, 11) is -3.95. The molecule has 5 rings (SSSR count). The molecule has 5 atom stereocenters. The lowest BCUT2D eigenvalue weighted by atomic mass is 9.85. The van der Waals surface area contributed by atoms with E-state index in [1.807, 2.05) is 0 Å². The highest BCUT2D eigenvalue weighted by Gasteiger charge is 2.62. The number of likely N-dealkylation sites (tertiary alicyclic amines) is 1. The van der Waals surface area contributed by atoms with E-state index in [1.54, 1.807) is 91.8 Å². The van der Waals surface area contributed by atoms with Gasteiger partial charge in [0.2, 0.25) is 27.9 Å². The van der Waals surface area contributed by atoms with E-state index in [0.29, 0.717) is 12.8 Å². The first kappa shape index (κ1) is 52.0. The van der Waals surface area contributed by atoms with Gasteiger partial charge < -0.3 is 34.5 Å². The molecule has 0 radical (unpaired) electrons. The number of aliphatic imine (C=N–C) groups is 1. The lowest BCUT2D eigenvalue weighted by Gasteiger charge is -2.36. The van der Waals surface area contributed by atoms with Crippen LogP contribution in [-0.2, 0) is 48.1 Å². The maximum absolute atomic E-state index is 14.3. The molecule has 1 unspecified atom stereocenters. The van der Waals surface area contributed by atoms with Crippen LogP contribution in [0, 0.1) is 11.3 Å². The van der Waals surface area contributed by atoms with Crippen LogP contribution < -0.4 is 20.7 Å². The number of nitrogens with zero attached hydrogens (tertiary/aromatic N) is 2. The molecule has 1 saturated heterocycles. The molecule has 2 aromatic carbocycles. The summed E-state index contributed by atoms with van der Waals surface area (Å²) in [6.07, 6.45) is 0.602. The molecule has 2 saturated carbocycles. The van der Waals surface area contributed by atoms with Crippen LogP contribution in [0.2, 0.25) is 0 Å². The van der Waals surface area contributed by atoms with E-state index in [1.165, 1.54) is 24.3 Å². The Kier molecular flexibility index (Phi) is 17.0. The Labute approximate surface area is 383 Å². The average Bonchev–Trinajstić information content (AvgIpc) is 4.16. The van der Waals surface area contributed by atoms with Crippen molar-refractivity contribution < 1.29 is 65.7 Å². The quantitative estimate of drug-likeness (QED) is 0.0613. The first-order valence-electron chi connectivity index (χ1n) is 21.3. The molecule has 3 fully saturated rings. The molecule has 1 heterocycles. The van der Waals surface area contributed by atoms with E-state index in [0.717, 1.165) is 4.90 Å². The van der Waals surface area contributed by atoms with E-state index in [9.17, 15) is 46.8 Å². The maximum atomic E-state index is 14.3. The molecule has 3 aliphatic rings. The van der Waals surface area contributed by atoms with Crippen molar-refractivity contribution in [2.45, 2.75) is 116 Å². The van der Waals surface area contributed by atoms with Crippen molar-refractivity contribution in [2.75, 3.05) is 25.1 Å². The smallest absolute Gasteiger partial charge is 0.411 e. The Morgan fingerprint density at radius 1 is 0.909 bits per heavy atom. The molecule has 358 valence electrons. The minimum atomic E-state index is -3.95. The minimum Gasteiger partial charge on any atom is -0.462 e. The molecule has 0 spiro atoms. The largest absolute Gasteiger partial charge is 0.462 e. The number of alkyl carbamates (subject to hydrolysis) is 1. The molecule has 0 bridgehead atoms. The second kappa shape index (κ2) is 21.6. The molecule has 2 aliphatic carbocycles. The molecule has 2 aromatic rings. The summed E-state index contributed by atoms with van der Waals surface area (Å²) in [5.74, 6) is -4.16. The lowest BCUT2D eigenvalue weighted by molar-refractivity contribution is -0.143. The first-order valence-corrected chi connectivity index (χ1v) is 22.8. The van der Waals surface area contributed by atoms with Crippen molar-refractivity contribution in [2.24, 2.45) is 16.3 Å². The Morgan fingerprint density at radius 3 is 2.05 bits per heavy atom. The number of benzene rings is 2. The molecule has 5 amide bonds. The number of sulfonamides is 1. The third kappa shape index (κ3) is 13.7. The number of hydrogen-bond acceptors (Lipinski definition) is 15. The van der Waals surface area contributed by atoms with E-state index >= 15 is 0 Å². The standard InChI is InChI=1S/C35H49N5O11S.C10H9NO3/c1-9-20-18-35(20,30(44)39-52(47,48)22-15-16-22)38-27(41)25-17-21(50-31(45)36-24-14-12-11-13-23(24)29(43)49-10-2)19-40(25)28(42)26(33(3,4)5)37-32(46)51-34(6,7)8;1-2-14-10(13)8-5-3-4-6-9(8)11-7-12/h9,11-14,20-22,25-26H,1,10,15-19H2,2-8H3,(H,36,45)(H,37,46)(H,38,41)(H,39,44);3-6H,2H2,1H3/t20?,21-,25+,26-,35-;/m1./s1. The predicted molar refractivity (Wildman–Crippen MR) is 238 cm³/mol. The predicted octanol–water partition coefficient (Wildman–Crippen LogP) is 4.82. The van der Waals surface area contributed by atoms with Gasteiger partial charge in [0.15, 0.2) is 0 Å². The van der Waals surface area contributed by atoms with E-state index in [-0.39, 0.29) is 55.1 Å². The van der Waals surface area contributed by atoms with Crippen LogP contribution >= 0.6 is 0 Å². The number of hydrogen-bond donors (Lipinski definition) is 4. The second-order valence-electron chi connectivity index (χ2n) is 17.7. The topological polar surface area (TPSA) is 271 Å². The number of isocyanates is 1. The van der Waals surface area contributed by atoms with Crippen molar-refractivity contribution in [3.8, 4) is 0 Å². The van der Waals surface area contributed by atoms with Crippen LogP contribution in [0.5, 0.6) is 0 Å². The van der Waals surface area contributed by atoms with Crippen LogP contribution in [0.15, 0.2) is 66.2 Å². The molecular formula is C45H58N6O14S. The van der Waals surface area contributed by atoms with Crippen LogP contribution in [0.1, 0.15) is 102 Å². The van der Waals surface area contributed by atoms with Crippen LogP contribution in [0.25, 0.3) is 0 Å². The number of para-hydroxylation sites is 2. The van der Waals surface area contributed by atoms with Crippen molar-refractivity contribution in [1.29, 1.82) is 0 Å². The van der Waals surface area contributed by atoms with Crippen LogP contribution in [0.3, 0.4) is 0 Å². The third-order valence-corrected chi connectivity index (χ3v) is 12.2. The lowest BCUT2D eigenvalue weighted by Crippen LogP contribution is -2.60. The SMILES string of the molecule is C=CC1C[C@]1(NC(=O)[C@@H]1C[C@@H](OC(=O)Nc2ccccc2C(=O)OCC)CN1C(=O)[C@@H](NC(=O)OC(C)(C)C)C(C)(C)C)C(=O)NS(=O)(=O)C1CC1.CCOC(=O)c1ccccc1N=C=O. The molecule has 66 heavy (non-hydrogen) atoms. The molecule has 20 nitrogen and oxygen atoms in total. The van der Waals surface area contributed by atoms with Crippen molar-refractivity contribution in [3.63, 3.8) is 0 Å². The number of nitrogens with one attached hydrogen (secondary N) is 4. The summed E-state index contributed by atoms with van der Waals surface area (Å²) >= 11 is 0. The van der Waals surface area contributed by atoms with Gasteiger partial charge in [-0.15, -0.1) is 6.58 Å². The van der Waals surface area contributed by atoms with E-state index in [2.05, 4.69) is 32.2 Å². The van der Waals surface area contributed by atoms with Gasteiger partial charge in [-0.05, 0) is 83.6 Å². The van der Waals surface area contributed by atoms with Crippen molar-refractivity contribution >= 4 is 69.3 Å². The number of esters is 2. The average molecular weight is 939 g/mol. The number of carbonyl (C=O) groups is 7. The number of anilines is 1. The number of rotatable bonds is 15. The summed E-state index contributed by atoms with van der Waals surface area (Å²) in [4.78, 5) is 106. The van der Waals surface area contributed by atoms with Gasteiger partial charge in [0, 0.05) is 12.3 Å². The van der Waals surface area contributed by atoms with Gasteiger partial charge in [0.05, 0.1) is 47.5 Å². The Bertz CT molecular complexity index is 2350. The second-order valence-corrected chi connectivity index (χ2v) is 19.7. The van der Waals surface area contributed by atoms with E-state index in [4.69, 9.17) is 18.9 Å². The summed E-state index contributed by atoms with van der Waals surface area (Å²) in [6, 6.07) is 10.0. The number of ether oxygens (including phenoxy) is 4. The van der Waals surface area contributed by atoms with Gasteiger partial charge in [-0.1, -0.05) is 51.1 Å². The Morgan fingerprint density at radius 2 is 1.50 bits per heavy atom. The van der Waals surface area contributed by atoms with Crippen molar-refractivity contribution in [1.82, 2.24) is 20.3 Å². The molecular weight excluding hydrogens is 881 g/mol. The summed E-state index contributed by atoms with van der Waals surface area (Å²) < 4.78 is 48.2. The van der Waals surface area contributed by atoms with Crippen LogP contribution in [0.4, 0.5) is 21.0 Å². The van der Waals surface area contributed by atoms with E-state index < -0.39 is 97.8 Å². The normalized spacial score (nSPS) is 20.3. The fourth-order valence-electron chi connectivity index (χ4n) is 6.91. The highest BCUT2D eigenvalue weighted by Crippen LogP contribution is 2.45. The van der Waals surface area contributed by atoms with Gasteiger partial charge in [0.1, 0.15) is 29.3 Å². The fraction of sp³-hybridized carbons (Fsp3) is 0.511. The summed E-state index contributed by atoms with van der Waals surface area (Å²) in [5, 5.41) is 7.11. The van der Waals surface area contributed by atoms with Gasteiger partial charge in [0.25, 0.3) is 5.91 Å². The third-order valence-electron chi connectivity index (χ3n) is 10.4. The first-order chi connectivity index (χ1) is 30.9. The van der Waals surface area contributed by atoms with Gasteiger partial charge in [-0.25, -0.2) is 32.4 Å². The Hall–Kier alpha value is -6.60. The zero-order valence-electron chi connectivity index (χ0n) is 38.3. The molecule has 21 heteroatoms. The minimum absolute atomic E-state index is 0.0714. The van der Waals surface area contributed by atoms with Crippen LogP contribution in [-0.4, -0.2) is 116 Å². The maximum Gasteiger partial charge on any atom is 0.411 e.